The van der Waals surface area contributed by atoms with E-state index in [2.05, 4.69) is 20.5 Å². The van der Waals surface area contributed by atoms with E-state index in [4.69, 9.17) is 14.2 Å². The molecular weight excluding hydrogens is 647 g/mol. The summed E-state index contributed by atoms with van der Waals surface area (Å²) in [5.41, 5.74) is 4.11. The maximum Gasteiger partial charge on any atom is 0.258 e. The van der Waals surface area contributed by atoms with Gasteiger partial charge in [-0.05, 0) is 60.9 Å². The number of amides is 2. The third-order valence-electron chi connectivity index (χ3n) is 9.50. The summed E-state index contributed by atoms with van der Waals surface area (Å²) in [6.45, 7) is 2.06. The molecule has 5 heterocycles. The van der Waals surface area contributed by atoms with E-state index in [0.29, 0.717) is 55.2 Å². The third kappa shape index (κ3) is 5.94. The van der Waals surface area contributed by atoms with Gasteiger partial charge in [0.25, 0.3) is 5.91 Å². The van der Waals surface area contributed by atoms with Crippen molar-refractivity contribution in [2.75, 3.05) is 51.9 Å². The molecule has 0 bridgehead atoms. The number of benzene rings is 3. The van der Waals surface area contributed by atoms with Gasteiger partial charge in [0.2, 0.25) is 12.7 Å². The lowest BCUT2D eigenvalue weighted by atomic mass is 9.97. The molecule has 1 saturated heterocycles. The number of aromatic nitrogens is 3. The van der Waals surface area contributed by atoms with E-state index in [0.717, 1.165) is 38.3 Å². The minimum atomic E-state index is -1.11. The fourth-order valence-corrected chi connectivity index (χ4v) is 7.38. The largest absolute Gasteiger partial charge is 0.454 e. The number of methoxy groups -OCH3 is 1. The number of nitrogens with zero attached hydrogens (tertiary/aromatic N) is 4. The molecule has 0 saturated carbocycles. The molecule has 2 N–H and O–H groups in total. The summed E-state index contributed by atoms with van der Waals surface area (Å²) < 4.78 is 31.8. The average molecular weight is 681 g/mol. The number of carbonyl (C=O) groups excluding carboxylic acids is 2. The third-order valence-corrected chi connectivity index (χ3v) is 10.3. The number of hydrogen-bond donors (Lipinski definition) is 2. The zero-order valence-corrected chi connectivity index (χ0v) is 27.5. The molecule has 5 aromatic rings. The standard InChI is InChI=1S/C36H33FN6O5S/c1-46-36(35(45)39-25-4-6-29-27(18-25)33(41-40-29)23-3-7-30-31(17-23)48-21-47-30)10-14-42(20-36)19-32(44)43-12-8-22(9-13-43)26-5-2-24(16-28(26)37)34-38-11-15-49-34/h2-8,11,15-18H,9-10,12-14,19-21H2,1H3,(H,39,45)(H,40,41)/t36-/m0/s1. The normalized spacial score (nSPS) is 19.0. The highest BCUT2D eigenvalue weighted by atomic mass is 32.1. The molecule has 250 valence electrons. The molecule has 49 heavy (non-hydrogen) atoms. The maximum atomic E-state index is 15.0. The van der Waals surface area contributed by atoms with Crippen LogP contribution in [0.2, 0.25) is 0 Å². The highest BCUT2D eigenvalue weighted by Crippen LogP contribution is 2.38. The number of hydrogen-bond acceptors (Lipinski definition) is 9. The monoisotopic (exact) mass is 680 g/mol. The number of H-pyrrole nitrogens is 1. The predicted octanol–water partition coefficient (Wildman–Crippen LogP) is 5.57. The molecule has 0 aliphatic carbocycles. The summed E-state index contributed by atoms with van der Waals surface area (Å²) in [6, 6.07) is 16.4. The molecule has 13 heteroatoms. The van der Waals surface area contributed by atoms with Gasteiger partial charge in [0, 0.05) is 72.6 Å². The van der Waals surface area contributed by atoms with Crippen LogP contribution in [0.1, 0.15) is 18.4 Å². The van der Waals surface area contributed by atoms with Crippen molar-refractivity contribution < 1.29 is 28.2 Å². The van der Waals surface area contributed by atoms with E-state index in [9.17, 15) is 9.59 Å². The van der Waals surface area contributed by atoms with Crippen LogP contribution >= 0.6 is 11.3 Å². The molecule has 0 spiro atoms. The van der Waals surface area contributed by atoms with E-state index in [1.54, 1.807) is 17.2 Å². The van der Waals surface area contributed by atoms with Gasteiger partial charge in [0.05, 0.1) is 12.1 Å². The molecular formula is C36H33FN6O5S. The molecule has 0 radical (unpaired) electrons. The molecule has 1 fully saturated rings. The number of halogens is 1. The summed E-state index contributed by atoms with van der Waals surface area (Å²) in [4.78, 5) is 35.0. The fraction of sp³-hybridized carbons (Fsp3) is 0.278. The quantitative estimate of drug-likeness (QED) is 0.218. The Hall–Kier alpha value is -5.11. The van der Waals surface area contributed by atoms with Gasteiger partial charge in [-0.3, -0.25) is 19.6 Å². The van der Waals surface area contributed by atoms with Crippen LogP contribution in [0.4, 0.5) is 10.1 Å². The number of likely N-dealkylation sites (tertiary alicyclic amines) is 1. The fourth-order valence-electron chi connectivity index (χ4n) is 6.74. The van der Waals surface area contributed by atoms with Crippen LogP contribution in [0.5, 0.6) is 11.5 Å². The van der Waals surface area contributed by atoms with Crippen LogP contribution in [0.25, 0.3) is 38.3 Å². The van der Waals surface area contributed by atoms with E-state index >= 15 is 4.39 Å². The second-order valence-electron chi connectivity index (χ2n) is 12.4. The van der Waals surface area contributed by atoms with Crippen molar-refractivity contribution in [3.8, 4) is 33.3 Å². The number of rotatable bonds is 8. The van der Waals surface area contributed by atoms with E-state index in [1.165, 1.54) is 24.5 Å². The lowest BCUT2D eigenvalue weighted by molar-refractivity contribution is -0.138. The van der Waals surface area contributed by atoms with E-state index in [-0.39, 0.29) is 37.5 Å². The number of nitrogens with one attached hydrogen (secondary N) is 2. The second kappa shape index (κ2) is 12.7. The molecule has 8 rings (SSSR count). The zero-order valence-electron chi connectivity index (χ0n) is 26.7. The van der Waals surface area contributed by atoms with Crippen LogP contribution in [0.3, 0.4) is 0 Å². The number of ether oxygens (including phenoxy) is 3. The van der Waals surface area contributed by atoms with Crippen LogP contribution in [0, 0.1) is 5.82 Å². The molecule has 2 aromatic heterocycles. The van der Waals surface area contributed by atoms with Crippen LogP contribution in [-0.4, -0.2) is 89.0 Å². The van der Waals surface area contributed by atoms with Gasteiger partial charge >= 0.3 is 0 Å². The van der Waals surface area contributed by atoms with E-state index in [1.807, 2.05) is 58.8 Å². The lowest BCUT2D eigenvalue weighted by Crippen LogP contribution is -2.48. The first-order valence-corrected chi connectivity index (χ1v) is 16.9. The van der Waals surface area contributed by atoms with E-state index < -0.39 is 5.60 Å². The first-order chi connectivity index (χ1) is 23.9. The summed E-state index contributed by atoms with van der Waals surface area (Å²) >= 11 is 1.47. The van der Waals surface area contributed by atoms with Gasteiger partial charge < -0.3 is 24.4 Å². The molecule has 3 aliphatic rings. The van der Waals surface area contributed by atoms with Crippen molar-refractivity contribution in [3.63, 3.8) is 0 Å². The van der Waals surface area contributed by atoms with Gasteiger partial charge in [-0.15, -0.1) is 11.3 Å². The Labute approximate surface area is 285 Å². The summed E-state index contributed by atoms with van der Waals surface area (Å²) in [5, 5.41) is 14.1. The highest BCUT2D eigenvalue weighted by molar-refractivity contribution is 7.13. The number of anilines is 1. The van der Waals surface area contributed by atoms with Crippen molar-refractivity contribution in [1.29, 1.82) is 0 Å². The first kappa shape index (κ1) is 31.2. The lowest BCUT2D eigenvalue weighted by Gasteiger charge is -2.30. The summed E-state index contributed by atoms with van der Waals surface area (Å²) in [5.74, 6) is 0.752. The summed E-state index contributed by atoms with van der Waals surface area (Å²) in [7, 11) is 1.53. The molecule has 1 atom stereocenters. The smallest absolute Gasteiger partial charge is 0.258 e. The average Bonchev–Trinajstić information content (AvgIpc) is 3.95. The minimum absolute atomic E-state index is 0.0383. The summed E-state index contributed by atoms with van der Waals surface area (Å²) in [6.07, 6.45) is 4.63. The SMILES string of the molecule is CO[C@@]1(C(=O)Nc2ccc3[nH]nc(-c4ccc5c(c4)OCO5)c3c2)CCN(CC(=O)N2CC=C(c3ccc(-c4nccs4)cc3F)CC2)C1. The Bertz CT molecular complexity index is 2100. The van der Waals surface area contributed by atoms with Crippen LogP contribution < -0.4 is 14.8 Å². The molecule has 3 aliphatic heterocycles. The number of thiazole rings is 1. The second-order valence-corrected chi connectivity index (χ2v) is 13.3. The Balaban J connectivity index is 0.898. The van der Waals surface area contributed by atoms with Gasteiger partial charge in [-0.25, -0.2) is 9.37 Å². The Kier molecular flexibility index (Phi) is 8.10. The Morgan fingerprint density at radius 2 is 1.96 bits per heavy atom. The first-order valence-electron chi connectivity index (χ1n) is 16.0. The maximum absolute atomic E-state index is 15.0. The van der Waals surface area contributed by atoms with Crippen molar-refractivity contribution in [2.45, 2.75) is 18.4 Å². The van der Waals surface area contributed by atoms with Crippen molar-refractivity contribution >= 4 is 45.3 Å². The predicted molar refractivity (Wildman–Crippen MR) is 184 cm³/mol. The minimum Gasteiger partial charge on any atom is -0.454 e. The topological polar surface area (TPSA) is 122 Å². The molecule has 2 amide bonds. The molecule has 3 aromatic carbocycles. The van der Waals surface area contributed by atoms with Crippen molar-refractivity contribution in [1.82, 2.24) is 25.0 Å². The molecule has 11 nitrogen and oxygen atoms in total. The van der Waals surface area contributed by atoms with Gasteiger partial charge in [0.1, 0.15) is 16.5 Å². The van der Waals surface area contributed by atoms with Crippen LogP contribution in [-0.2, 0) is 14.3 Å². The Morgan fingerprint density at radius 1 is 1.08 bits per heavy atom. The highest BCUT2D eigenvalue weighted by Gasteiger charge is 2.45. The van der Waals surface area contributed by atoms with Crippen molar-refractivity contribution in [3.05, 3.63) is 83.6 Å². The van der Waals surface area contributed by atoms with Gasteiger partial charge in [-0.2, -0.15) is 5.10 Å². The number of fused-ring (bicyclic) bond motifs is 2. The number of aromatic amines is 1. The zero-order chi connectivity index (χ0) is 33.5. The Morgan fingerprint density at radius 3 is 2.76 bits per heavy atom. The van der Waals surface area contributed by atoms with Gasteiger partial charge in [-0.1, -0.05) is 18.2 Å². The van der Waals surface area contributed by atoms with Crippen molar-refractivity contribution in [2.24, 2.45) is 0 Å². The number of carbonyl (C=O) groups is 2. The van der Waals surface area contributed by atoms with Gasteiger partial charge in [0.15, 0.2) is 17.1 Å². The van der Waals surface area contributed by atoms with Crippen LogP contribution in [0.15, 0.2) is 72.3 Å². The molecule has 0 unspecified atom stereocenters.